The number of hydrogen-bond donors (Lipinski definition) is 1. The summed E-state index contributed by atoms with van der Waals surface area (Å²) >= 11 is 6.25. The van der Waals surface area contributed by atoms with Crippen LogP contribution in [0.15, 0.2) is 32.3 Å². The van der Waals surface area contributed by atoms with E-state index >= 15 is 0 Å². The van der Waals surface area contributed by atoms with Crippen molar-refractivity contribution in [1.82, 2.24) is 15.0 Å². The first-order valence-electron chi connectivity index (χ1n) is 5.13. The van der Waals surface area contributed by atoms with Crippen LogP contribution < -0.4 is 4.72 Å². The Labute approximate surface area is 131 Å². The summed E-state index contributed by atoms with van der Waals surface area (Å²) in [6, 6.07) is 6.50. The lowest BCUT2D eigenvalue weighted by atomic mass is 10.2. The second-order valence-corrected chi connectivity index (χ2v) is 6.92. The first kappa shape index (κ1) is 15.0. The summed E-state index contributed by atoms with van der Waals surface area (Å²) in [6.45, 7) is 0. The topological polar surface area (TPSA) is 101 Å². The second kappa shape index (κ2) is 5.51. The molecule has 1 heterocycles. The van der Waals surface area contributed by atoms with Crippen LogP contribution >= 0.6 is 31.9 Å². The molecule has 0 atom stereocenters. The third-order valence-electron chi connectivity index (χ3n) is 2.33. The van der Waals surface area contributed by atoms with Crippen molar-refractivity contribution < 1.29 is 8.42 Å². The lowest BCUT2D eigenvalue weighted by Gasteiger charge is -2.09. The summed E-state index contributed by atoms with van der Waals surface area (Å²) < 4.78 is 28.7. The summed E-state index contributed by atoms with van der Waals surface area (Å²) in [4.78, 5) is 0. The Morgan fingerprint density at radius 3 is 2.60 bits per heavy atom. The Hall–Kier alpha value is -1.44. The van der Waals surface area contributed by atoms with Crippen molar-refractivity contribution in [2.45, 2.75) is 5.03 Å². The molecular formula is C10H7Br2N5O2S. The summed E-state index contributed by atoms with van der Waals surface area (Å²) in [6.07, 6.45) is 0. The maximum absolute atomic E-state index is 12.3. The minimum absolute atomic E-state index is 0.0891. The molecule has 0 aliphatic heterocycles. The van der Waals surface area contributed by atoms with Gasteiger partial charge in [0.25, 0.3) is 10.0 Å². The number of halogens is 2. The average molecular weight is 421 g/mol. The number of nitrogens with zero attached hydrogens (tertiary/aromatic N) is 4. The van der Waals surface area contributed by atoms with Gasteiger partial charge in [-0.2, -0.15) is 13.7 Å². The number of sulfonamides is 1. The molecule has 7 nitrogen and oxygen atoms in total. The molecule has 0 aliphatic rings. The highest BCUT2D eigenvalue weighted by molar-refractivity contribution is 9.10. The average Bonchev–Trinajstić information content (AvgIpc) is 2.72. The van der Waals surface area contributed by atoms with Gasteiger partial charge >= 0.3 is 0 Å². The molecule has 0 bridgehead atoms. The molecule has 0 saturated heterocycles. The molecule has 20 heavy (non-hydrogen) atoms. The van der Waals surface area contributed by atoms with E-state index in [1.807, 2.05) is 6.07 Å². The van der Waals surface area contributed by atoms with Crippen LogP contribution in [0, 0.1) is 11.3 Å². The second-order valence-electron chi connectivity index (χ2n) is 3.72. The van der Waals surface area contributed by atoms with E-state index in [-0.39, 0.29) is 9.63 Å². The largest absolute Gasteiger partial charge is 0.281 e. The predicted octanol–water partition coefficient (Wildman–Crippen LogP) is 2.01. The number of benzene rings is 1. The van der Waals surface area contributed by atoms with Crippen LogP contribution in [-0.4, -0.2) is 23.4 Å². The molecule has 2 rings (SSSR count). The lowest BCUT2D eigenvalue weighted by Crippen LogP contribution is -2.17. The van der Waals surface area contributed by atoms with Crippen molar-refractivity contribution in [3.8, 4) is 6.07 Å². The van der Waals surface area contributed by atoms with Gasteiger partial charge in [-0.1, -0.05) is 5.21 Å². The zero-order valence-corrected chi connectivity index (χ0v) is 14.0. The fourth-order valence-corrected chi connectivity index (χ4v) is 4.26. The van der Waals surface area contributed by atoms with Crippen LogP contribution in [0.5, 0.6) is 0 Å². The Balaban J connectivity index is 2.42. The Morgan fingerprint density at radius 1 is 1.40 bits per heavy atom. The van der Waals surface area contributed by atoms with E-state index in [4.69, 9.17) is 5.26 Å². The van der Waals surface area contributed by atoms with Gasteiger partial charge in [-0.3, -0.25) is 4.72 Å². The van der Waals surface area contributed by atoms with Gasteiger partial charge in [0.1, 0.15) is 0 Å². The number of nitrogens with one attached hydrogen (secondary N) is 1. The van der Waals surface area contributed by atoms with Crippen LogP contribution in [0.1, 0.15) is 5.56 Å². The SMILES string of the molecule is Cn1nnc(Br)c1S(=O)(=O)Nc1ccc(C#N)cc1Br. The number of aromatic nitrogens is 3. The molecule has 104 valence electrons. The zero-order valence-electron chi connectivity index (χ0n) is 10.0. The third-order valence-corrected chi connectivity index (χ3v) is 5.24. The molecule has 1 aromatic carbocycles. The first-order chi connectivity index (χ1) is 9.35. The Kier molecular flexibility index (Phi) is 4.12. The summed E-state index contributed by atoms with van der Waals surface area (Å²) in [5.41, 5.74) is 0.736. The minimum atomic E-state index is -3.85. The maximum atomic E-state index is 12.3. The van der Waals surface area contributed by atoms with Crippen LogP contribution in [0.25, 0.3) is 0 Å². The molecule has 0 radical (unpaired) electrons. The fourth-order valence-electron chi connectivity index (χ4n) is 1.47. The van der Waals surface area contributed by atoms with E-state index < -0.39 is 10.0 Å². The molecule has 2 aromatic rings. The van der Waals surface area contributed by atoms with Gasteiger partial charge in [-0.25, -0.2) is 4.68 Å². The number of nitriles is 1. The lowest BCUT2D eigenvalue weighted by molar-refractivity contribution is 0.578. The van der Waals surface area contributed by atoms with E-state index in [1.165, 1.54) is 25.2 Å². The molecule has 0 amide bonds. The van der Waals surface area contributed by atoms with Crippen molar-refractivity contribution >= 4 is 47.6 Å². The molecule has 1 N–H and O–H groups in total. The molecule has 0 saturated carbocycles. The van der Waals surface area contributed by atoms with Crippen molar-refractivity contribution in [3.05, 3.63) is 32.8 Å². The standard InChI is InChI=1S/C10H7Br2N5O2S/c1-17-10(9(12)14-16-17)20(18,19)15-8-3-2-6(5-13)4-7(8)11/h2-4,15H,1H3. The molecule has 0 unspecified atom stereocenters. The highest BCUT2D eigenvalue weighted by Crippen LogP contribution is 2.27. The van der Waals surface area contributed by atoms with E-state index in [0.717, 1.165) is 4.68 Å². The molecule has 1 aromatic heterocycles. The van der Waals surface area contributed by atoms with Crippen LogP contribution in [-0.2, 0) is 17.1 Å². The molecule has 0 aliphatic carbocycles. The normalized spacial score (nSPS) is 11.1. The zero-order chi connectivity index (χ0) is 14.9. The Bertz CT molecular complexity index is 790. The molecule has 0 spiro atoms. The number of hydrogen-bond acceptors (Lipinski definition) is 5. The van der Waals surface area contributed by atoms with Gasteiger partial charge in [-0.05, 0) is 50.1 Å². The summed E-state index contributed by atoms with van der Waals surface area (Å²) in [5.74, 6) is 0. The Morgan fingerprint density at radius 2 is 2.10 bits per heavy atom. The van der Waals surface area contributed by atoms with Crippen LogP contribution in [0.4, 0.5) is 5.69 Å². The number of aryl methyl sites for hydroxylation is 1. The van der Waals surface area contributed by atoms with Crippen molar-refractivity contribution in [1.29, 1.82) is 5.26 Å². The third kappa shape index (κ3) is 2.84. The summed E-state index contributed by atoms with van der Waals surface area (Å²) in [5, 5.41) is 15.9. The van der Waals surface area contributed by atoms with Crippen molar-refractivity contribution in [3.63, 3.8) is 0 Å². The van der Waals surface area contributed by atoms with Gasteiger partial charge in [0, 0.05) is 11.5 Å². The van der Waals surface area contributed by atoms with E-state index in [1.54, 1.807) is 0 Å². The van der Waals surface area contributed by atoms with Crippen molar-refractivity contribution in [2.24, 2.45) is 7.05 Å². The van der Waals surface area contributed by atoms with Gasteiger partial charge < -0.3 is 0 Å². The molecule has 10 heteroatoms. The number of rotatable bonds is 3. The minimum Gasteiger partial charge on any atom is -0.277 e. The highest BCUT2D eigenvalue weighted by Gasteiger charge is 2.24. The van der Waals surface area contributed by atoms with E-state index in [0.29, 0.717) is 15.7 Å². The van der Waals surface area contributed by atoms with Crippen LogP contribution in [0.2, 0.25) is 0 Å². The molecule has 0 fully saturated rings. The van der Waals surface area contributed by atoms with Gasteiger partial charge in [0.15, 0.2) is 4.60 Å². The van der Waals surface area contributed by atoms with E-state index in [9.17, 15) is 8.42 Å². The smallest absolute Gasteiger partial charge is 0.277 e. The van der Waals surface area contributed by atoms with E-state index in [2.05, 4.69) is 46.9 Å². The van der Waals surface area contributed by atoms with Crippen LogP contribution in [0.3, 0.4) is 0 Å². The quantitative estimate of drug-likeness (QED) is 0.818. The monoisotopic (exact) mass is 419 g/mol. The van der Waals surface area contributed by atoms with Gasteiger partial charge in [-0.15, -0.1) is 5.10 Å². The first-order valence-corrected chi connectivity index (χ1v) is 8.19. The van der Waals surface area contributed by atoms with Crippen molar-refractivity contribution in [2.75, 3.05) is 4.72 Å². The van der Waals surface area contributed by atoms with Gasteiger partial charge in [0.05, 0.1) is 17.3 Å². The fraction of sp³-hybridized carbons (Fsp3) is 0.100. The molecular weight excluding hydrogens is 414 g/mol. The van der Waals surface area contributed by atoms with Gasteiger partial charge in [0.2, 0.25) is 5.03 Å². The number of anilines is 1. The maximum Gasteiger partial charge on any atom is 0.281 e. The summed E-state index contributed by atoms with van der Waals surface area (Å²) in [7, 11) is -2.37. The predicted molar refractivity (Wildman–Crippen MR) is 78.4 cm³/mol. The highest BCUT2D eigenvalue weighted by atomic mass is 79.9.